The van der Waals surface area contributed by atoms with Crippen molar-refractivity contribution in [3.05, 3.63) is 32.6 Å². The molecule has 2 heterocycles. The van der Waals surface area contributed by atoms with Crippen molar-refractivity contribution < 1.29 is 9.53 Å². The molecule has 2 rings (SSSR count). The number of rotatable bonds is 2. The van der Waals surface area contributed by atoms with E-state index >= 15 is 0 Å². The molecule has 1 aliphatic rings. The number of aromatic amines is 1. The van der Waals surface area contributed by atoms with Crippen LogP contribution in [0, 0.1) is 0 Å². The minimum Gasteiger partial charge on any atom is -0.381 e. The molecule has 0 aromatic carbocycles. The van der Waals surface area contributed by atoms with Crippen LogP contribution in [0.4, 0.5) is 0 Å². The summed E-state index contributed by atoms with van der Waals surface area (Å²) in [7, 11) is 0. The van der Waals surface area contributed by atoms with Gasteiger partial charge in [0.1, 0.15) is 0 Å². The fourth-order valence-electron chi connectivity index (χ4n) is 2.25. The SMILES string of the molecule is CC(=O)c1c[nH]c(=O)n(C2(C)CCOCC2)c1=O. The third-order valence-electron chi connectivity index (χ3n) is 3.47. The summed E-state index contributed by atoms with van der Waals surface area (Å²) in [6.07, 6.45) is 2.35. The molecule has 0 spiro atoms. The summed E-state index contributed by atoms with van der Waals surface area (Å²) in [5.41, 5.74) is -1.57. The lowest BCUT2D eigenvalue weighted by Crippen LogP contribution is -2.51. The molecule has 1 aromatic heterocycles. The van der Waals surface area contributed by atoms with Gasteiger partial charge in [0.05, 0.1) is 11.1 Å². The van der Waals surface area contributed by atoms with Gasteiger partial charge in [0.2, 0.25) is 0 Å². The molecule has 0 bridgehead atoms. The molecule has 1 aromatic rings. The number of carbonyl (C=O) groups is 1. The van der Waals surface area contributed by atoms with Crippen molar-refractivity contribution >= 4 is 5.78 Å². The number of nitrogens with one attached hydrogen (secondary N) is 1. The molecule has 6 nitrogen and oxygen atoms in total. The van der Waals surface area contributed by atoms with Crippen LogP contribution >= 0.6 is 0 Å². The summed E-state index contributed by atoms with van der Waals surface area (Å²) in [5, 5.41) is 0. The van der Waals surface area contributed by atoms with Gasteiger partial charge in [-0.3, -0.25) is 14.2 Å². The van der Waals surface area contributed by atoms with Crippen LogP contribution in [0.2, 0.25) is 0 Å². The largest absolute Gasteiger partial charge is 0.381 e. The quantitative estimate of drug-likeness (QED) is 0.766. The lowest BCUT2D eigenvalue weighted by Gasteiger charge is -2.34. The van der Waals surface area contributed by atoms with Crippen LogP contribution in [-0.4, -0.2) is 28.5 Å². The van der Waals surface area contributed by atoms with Gasteiger partial charge in [0, 0.05) is 19.4 Å². The van der Waals surface area contributed by atoms with Gasteiger partial charge in [-0.2, -0.15) is 0 Å². The Morgan fingerprint density at radius 2 is 2.00 bits per heavy atom. The van der Waals surface area contributed by atoms with E-state index < -0.39 is 16.8 Å². The lowest BCUT2D eigenvalue weighted by molar-refractivity contribution is 0.0259. The van der Waals surface area contributed by atoms with E-state index in [1.165, 1.54) is 13.1 Å². The van der Waals surface area contributed by atoms with E-state index in [0.717, 1.165) is 4.57 Å². The van der Waals surface area contributed by atoms with Gasteiger partial charge in [-0.05, 0) is 26.7 Å². The molecular formula is C12H16N2O4. The Balaban J connectivity index is 2.63. The van der Waals surface area contributed by atoms with Crippen molar-refractivity contribution in [1.29, 1.82) is 0 Å². The fraction of sp³-hybridized carbons (Fsp3) is 0.583. The number of Topliss-reactive ketones (excluding diaryl/α,β-unsaturated/α-hetero) is 1. The van der Waals surface area contributed by atoms with E-state index in [1.54, 1.807) is 0 Å². The van der Waals surface area contributed by atoms with Gasteiger partial charge < -0.3 is 9.72 Å². The molecule has 0 radical (unpaired) electrons. The van der Waals surface area contributed by atoms with Gasteiger partial charge in [0.15, 0.2) is 5.78 Å². The molecule has 1 aliphatic heterocycles. The number of hydrogen-bond donors (Lipinski definition) is 1. The summed E-state index contributed by atoms with van der Waals surface area (Å²) < 4.78 is 6.41. The second-order valence-electron chi connectivity index (χ2n) is 4.81. The summed E-state index contributed by atoms with van der Waals surface area (Å²) in [6.45, 7) is 4.17. The van der Waals surface area contributed by atoms with Gasteiger partial charge >= 0.3 is 5.69 Å². The van der Waals surface area contributed by atoms with Gasteiger partial charge in [-0.1, -0.05) is 0 Å². The Kier molecular flexibility index (Phi) is 3.21. The molecule has 0 saturated carbocycles. The first-order valence-corrected chi connectivity index (χ1v) is 5.90. The van der Waals surface area contributed by atoms with Gasteiger partial charge in [0.25, 0.3) is 5.56 Å². The van der Waals surface area contributed by atoms with Gasteiger partial charge in [-0.25, -0.2) is 4.79 Å². The third kappa shape index (κ3) is 2.03. The van der Waals surface area contributed by atoms with E-state index in [2.05, 4.69) is 4.98 Å². The molecule has 1 saturated heterocycles. The smallest absolute Gasteiger partial charge is 0.328 e. The molecule has 1 N–H and O–H groups in total. The Bertz CT molecular complexity index is 578. The standard InChI is InChI=1S/C12H16N2O4/c1-8(15)9-7-13-11(17)14(10(9)16)12(2)3-5-18-6-4-12/h7H,3-6H2,1-2H3,(H,13,17). The van der Waals surface area contributed by atoms with Crippen molar-refractivity contribution in [3.8, 4) is 0 Å². The number of ether oxygens (including phenoxy) is 1. The first kappa shape index (κ1) is 12.8. The molecule has 98 valence electrons. The number of ketones is 1. The van der Waals surface area contributed by atoms with Crippen molar-refractivity contribution in [3.63, 3.8) is 0 Å². The maximum Gasteiger partial charge on any atom is 0.328 e. The fourth-order valence-corrected chi connectivity index (χ4v) is 2.25. The summed E-state index contributed by atoms with van der Waals surface area (Å²) in [4.78, 5) is 37.9. The first-order chi connectivity index (χ1) is 8.46. The van der Waals surface area contributed by atoms with E-state index in [9.17, 15) is 14.4 Å². The van der Waals surface area contributed by atoms with Crippen LogP contribution in [0.3, 0.4) is 0 Å². The minimum absolute atomic E-state index is 0.0160. The topological polar surface area (TPSA) is 81.2 Å². The normalized spacial score (nSPS) is 18.6. The van der Waals surface area contributed by atoms with Crippen molar-refractivity contribution in [2.75, 3.05) is 13.2 Å². The summed E-state index contributed by atoms with van der Waals surface area (Å²) in [6, 6.07) is 0. The molecule has 0 unspecified atom stereocenters. The van der Waals surface area contributed by atoms with Crippen LogP contribution in [0.1, 0.15) is 37.0 Å². The number of carbonyl (C=O) groups excluding carboxylic acids is 1. The number of aromatic nitrogens is 2. The maximum absolute atomic E-state index is 12.2. The maximum atomic E-state index is 12.2. The highest BCUT2D eigenvalue weighted by Gasteiger charge is 2.32. The zero-order chi connectivity index (χ0) is 13.3. The van der Waals surface area contributed by atoms with E-state index in [4.69, 9.17) is 4.74 Å². The van der Waals surface area contributed by atoms with Crippen LogP contribution in [0.25, 0.3) is 0 Å². The van der Waals surface area contributed by atoms with E-state index in [1.807, 2.05) is 6.92 Å². The van der Waals surface area contributed by atoms with Crippen molar-refractivity contribution in [2.24, 2.45) is 0 Å². The Labute approximate surface area is 104 Å². The molecule has 1 fully saturated rings. The predicted molar refractivity (Wildman–Crippen MR) is 65.0 cm³/mol. The highest BCUT2D eigenvalue weighted by Crippen LogP contribution is 2.25. The summed E-state index contributed by atoms with van der Waals surface area (Å²) in [5.74, 6) is -0.347. The third-order valence-corrected chi connectivity index (χ3v) is 3.47. The molecule has 18 heavy (non-hydrogen) atoms. The first-order valence-electron chi connectivity index (χ1n) is 5.90. The second-order valence-corrected chi connectivity index (χ2v) is 4.81. The average molecular weight is 252 g/mol. The van der Waals surface area contributed by atoms with Gasteiger partial charge in [-0.15, -0.1) is 0 Å². The lowest BCUT2D eigenvalue weighted by atomic mass is 9.92. The van der Waals surface area contributed by atoms with E-state index in [-0.39, 0.29) is 11.3 Å². The Morgan fingerprint density at radius 1 is 1.39 bits per heavy atom. The highest BCUT2D eigenvalue weighted by atomic mass is 16.5. The molecule has 0 amide bonds. The molecule has 0 aliphatic carbocycles. The zero-order valence-corrected chi connectivity index (χ0v) is 10.5. The monoisotopic (exact) mass is 252 g/mol. The minimum atomic E-state index is -0.589. The number of hydrogen-bond acceptors (Lipinski definition) is 4. The Hall–Kier alpha value is -1.69. The predicted octanol–water partition coefficient (Wildman–Crippen LogP) is 0.265. The zero-order valence-electron chi connectivity index (χ0n) is 10.5. The number of nitrogens with zero attached hydrogens (tertiary/aromatic N) is 1. The van der Waals surface area contributed by atoms with Crippen molar-refractivity contribution in [1.82, 2.24) is 9.55 Å². The summed E-state index contributed by atoms with van der Waals surface area (Å²) >= 11 is 0. The average Bonchev–Trinajstić information content (AvgIpc) is 2.29. The van der Waals surface area contributed by atoms with Crippen LogP contribution in [0.15, 0.2) is 15.8 Å². The number of H-pyrrole nitrogens is 1. The second kappa shape index (κ2) is 4.53. The van der Waals surface area contributed by atoms with Crippen LogP contribution in [-0.2, 0) is 10.3 Å². The molecule has 0 atom stereocenters. The molecular weight excluding hydrogens is 236 g/mol. The van der Waals surface area contributed by atoms with E-state index in [0.29, 0.717) is 26.1 Å². The van der Waals surface area contributed by atoms with Crippen LogP contribution in [0.5, 0.6) is 0 Å². The van der Waals surface area contributed by atoms with Crippen LogP contribution < -0.4 is 11.2 Å². The highest BCUT2D eigenvalue weighted by molar-refractivity contribution is 5.93. The Morgan fingerprint density at radius 3 is 2.56 bits per heavy atom. The van der Waals surface area contributed by atoms with Crippen molar-refractivity contribution in [2.45, 2.75) is 32.2 Å². The molecule has 6 heteroatoms.